The molecule has 0 atom stereocenters. The number of benzene rings is 3. The molecule has 0 heterocycles. The van der Waals surface area contributed by atoms with Crippen LogP contribution in [-0.2, 0) is 0 Å². The molecule has 0 aliphatic rings. The van der Waals surface area contributed by atoms with Gasteiger partial charge >= 0.3 is 0 Å². The minimum Gasteiger partial charge on any atom is -0.504 e. The lowest BCUT2D eigenvalue weighted by atomic mass is 10.2. The molecule has 0 amide bonds. The molecular weight excluding hydrogens is 398 g/mol. The molecule has 0 aromatic heterocycles. The van der Waals surface area contributed by atoms with Crippen LogP contribution >= 0.6 is 12.2 Å². The van der Waals surface area contributed by atoms with Crippen molar-refractivity contribution in [2.75, 3.05) is 12.4 Å². The summed E-state index contributed by atoms with van der Waals surface area (Å²) in [6.45, 7) is 2.01. The molecule has 0 saturated heterocycles. The third kappa shape index (κ3) is 5.86. The first kappa shape index (κ1) is 20.9. The molecule has 0 unspecified atom stereocenters. The highest BCUT2D eigenvalue weighted by Gasteiger charge is 2.09. The molecule has 0 spiro atoms. The second kappa shape index (κ2) is 10.1. The Kier molecular flexibility index (Phi) is 7.07. The molecule has 3 rings (SSSR count). The number of nitrogens with zero attached hydrogens (tertiary/aromatic N) is 3. The smallest absolute Gasteiger partial charge is 0.191 e. The van der Waals surface area contributed by atoms with E-state index in [0.717, 1.165) is 11.3 Å². The maximum Gasteiger partial charge on any atom is 0.191 e. The SMILES string of the molecule is COc1cc(N=Nc2ccccc2)cc(/C=N\NC(=S)Nc2ccc(C)cc2)c1O. The van der Waals surface area contributed by atoms with Gasteiger partial charge in [0.25, 0.3) is 0 Å². The first-order valence-corrected chi connectivity index (χ1v) is 9.50. The van der Waals surface area contributed by atoms with E-state index in [1.807, 2.05) is 61.5 Å². The maximum absolute atomic E-state index is 10.4. The van der Waals surface area contributed by atoms with E-state index in [-0.39, 0.29) is 11.5 Å². The number of nitrogens with one attached hydrogen (secondary N) is 2. The van der Waals surface area contributed by atoms with E-state index >= 15 is 0 Å². The maximum atomic E-state index is 10.4. The van der Waals surface area contributed by atoms with Crippen LogP contribution in [0.2, 0.25) is 0 Å². The number of ether oxygens (including phenoxy) is 1. The van der Waals surface area contributed by atoms with Gasteiger partial charge < -0.3 is 15.2 Å². The summed E-state index contributed by atoms with van der Waals surface area (Å²) in [5.74, 6) is 0.209. The highest BCUT2D eigenvalue weighted by atomic mass is 32.1. The Balaban J connectivity index is 1.71. The third-order valence-corrected chi connectivity index (χ3v) is 4.22. The second-order valence-corrected chi connectivity index (χ2v) is 6.72. The molecule has 152 valence electrons. The van der Waals surface area contributed by atoms with Crippen molar-refractivity contribution in [1.82, 2.24) is 5.43 Å². The first-order chi connectivity index (χ1) is 14.5. The Labute approximate surface area is 180 Å². The molecule has 0 aliphatic carbocycles. The topological polar surface area (TPSA) is 90.6 Å². The predicted molar refractivity (Wildman–Crippen MR) is 123 cm³/mol. The van der Waals surface area contributed by atoms with Crippen LogP contribution in [0.25, 0.3) is 0 Å². The van der Waals surface area contributed by atoms with Gasteiger partial charge in [0.15, 0.2) is 16.6 Å². The van der Waals surface area contributed by atoms with Crippen LogP contribution in [0.4, 0.5) is 17.1 Å². The number of rotatable bonds is 6. The Morgan fingerprint density at radius 2 is 1.70 bits per heavy atom. The highest BCUT2D eigenvalue weighted by molar-refractivity contribution is 7.80. The van der Waals surface area contributed by atoms with Crippen molar-refractivity contribution in [1.29, 1.82) is 0 Å². The van der Waals surface area contributed by atoms with Crippen LogP contribution in [0, 0.1) is 6.92 Å². The fourth-order valence-electron chi connectivity index (χ4n) is 2.49. The van der Waals surface area contributed by atoms with E-state index < -0.39 is 0 Å². The zero-order valence-electron chi connectivity index (χ0n) is 16.5. The number of aryl methyl sites for hydroxylation is 1. The monoisotopic (exact) mass is 419 g/mol. The number of hydrogen-bond donors (Lipinski definition) is 3. The summed E-state index contributed by atoms with van der Waals surface area (Å²) >= 11 is 5.23. The van der Waals surface area contributed by atoms with Gasteiger partial charge in [-0.05, 0) is 49.5 Å². The quantitative estimate of drug-likeness (QED) is 0.214. The molecule has 0 radical (unpaired) electrons. The molecule has 3 N–H and O–H groups in total. The number of hydrazone groups is 1. The summed E-state index contributed by atoms with van der Waals surface area (Å²) in [5, 5.41) is 26.2. The zero-order chi connectivity index (χ0) is 21.3. The van der Waals surface area contributed by atoms with Gasteiger partial charge in [0.05, 0.1) is 24.7 Å². The Morgan fingerprint density at radius 1 is 1.00 bits per heavy atom. The van der Waals surface area contributed by atoms with Crippen molar-refractivity contribution in [2.24, 2.45) is 15.3 Å². The Bertz CT molecular complexity index is 1070. The lowest BCUT2D eigenvalue weighted by Crippen LogP contribution is -2.23. The lowest BCUT2D eigenvalue weighted by Gasteiger charge is -2.08. The van der Waals surface area contributed by atoms with Crippen molar-refractivity contribution in [3.05, 3.63) is 77.9 Å². The van der Waals surface area contributed by atoms with Gasteiger partial charge in [-0.1, -0.05) is 35.9 Å². The van der Waals surface area contributed by atoms with Crippen molar-refractivity contribution < 1.29 is 9.84 Å². The lowest BCUT2D eigenvalue weighted by molar-refractivity contribution is 0.373. The van der Waals surface area contributed by atoms with E-state index in [1.165, 1.54) is 13.3 Å². The molecule has 3 aromatic carbocycles. The highest BCUT2D eigenvalue weighted by Crippen LogP contribution is 2.34. The summed E-state index contributed by atoms with van der Waals surface area (Å²) in [6.07, 6.45) is 1.43. The van der Waals surface area contributed by atoms with E-state index in [2.05, 4.69) is 26.1 Å². The van der Waals surface area contributed by atoms with Crippen molar-refractivity contribution in [3.63, 3.8) is 0 Å². The molecule has 0 aliphatic heterocycles. The molecule has 0 saturated carbocycles. The largest absolute Gasteiger partial charge is 0.504 e. The standard InChI is InChI=1S/C22H21N5O2S/c1-15-8-10-17(11-9-15)24-22(30)27-23-14-16-12-19(13-20(29-2)21(16)28)26-25-18-6-4-3-5-7-18/h3-14,28H,1-2H3,(H2,24,27,30)/b23-14-,26-25?. The second-order valence-electron chi connectivity index (χ2n) is 6.31. The van der Waals surface area contributed by atoms with Gasteiger partial charge in [-0.15, -0.1) is 0 Å². The van der Waals surface area contributed by atoms with E-state index in [1.54, 1.807) is 12.1 Å². The summed E-state index contributed by atoms with van der Waals surface area (Å²) in [4.78, 5) is 0. The van der Waals surface area contributed by atoms with E-state index in [4.69, 9.17) is 17.0 Å². The van der Waals surface area contributed by atoms with Crippen molar-refractivity contribution >= 4 is 40.6 Å². The first-order valence-electron chi connectivity index (χ1n) is 9.09. The molecule has 0 fully saturated rings. The summed E-state index contributed by atoms with van der Waals surface area (Å²) < 4.78 is 5.22. The number of anilines is 1. The van der Waals surface area contributed by atoms with E-state index in [0.29, 0.717) is 22.1 Å². The average molecular weight is 420 g/mol. The molecular formula is C22H21N5O2S. The number of aromatic hydroxyl groups is 1. The van der Waals surface area contributed by atoms with Crippen molar-refractivity contribution in [3.8, 4) is 11.5 Å². The average Bonchev–Trinajstić information content (AvgIpc) is 2.76. The minimum absolute atomic E-state index is 0.0564. The van der Waals surface area contributed by atoms with Gasteiger partial charge in [-0.3, -0.25) is 5.43 Å². The summed E-state index contributed by atoms with van der Waals surface area (Å²) in [5.41, 5.74) is 6.36. The van der Waals surface area contributed by atoms with Crippen LogP contribution < -0.4 is 15.5 Å². The number of phenols is 1. The molecule has 8 heteroatoms. The minimum atomic E-state index is -0.0564. The third-order valence-electron chi connectivity index (χ3n) is 4.03. The Hall–Kier alpha value is -3.78. The number of methoxy groups -OCH3 is 1. The molecule has 7 nitrogen and oxygen atoms in total. The predicted octanol–water partition coefficient (Wildman–Crippen LogP) is 5.45. The number of phenolic OH excluding ortho intramolecular Hbond substituents is 1. The van der Waals surface area contributed by atoms with Crippen LogP contribution in [0.5, 0.6) is 11.5 Å². The van der Waals surface area contributed by atoms with Crippen LogP contribution in [0.15, 0.2) is 82.1 Å². The van der Waals surface area contributed by atoms with Gasteiger partial charge in [0, 0.05) is 17.3 Å². The van der Waals surface area contributed by atoms with E-state index in [9.17, 15) is 5.11 Å². The Morgan fingerprint density at radius 3 is 2.40 bits per heavy atom. The van der Waals surface area contributed by atoms with Gasteiger partial charge in [0.1, 0.15) is 0 Å². The number of thiocarbonyl (C=S) groups is 1. The molecule has 30 heavy (non-hydrogen) atoms. The fourth-order valence-corrected chi connectivity index (χ4v) is 2.66. The summed E-state index contributed by atoms with van der Waals surface area (Å²) in [7, 11) is 1.47. The van der Waals surface area contributed by atoms with Gasteiger partial charge in [0.2, 0.25) is 0 Å². The van der Waals surface area contributed by atoms with Crippen LogP contribution in [0.3, 0.4) is 0 Å². The number of hydrogen-bond acceptors (Lipinski definition) is 6. The van der Waals surface area contributed by atoms with Crippen LogP contribution in [0.1, 0.15) is 11.1 Å². The zero-order valence-corrected chi connectivity index (χ0v) is 17.4. The van der Waals surface area contributed by atoms with Gasteiger partial charge in [-0.2, -0.15) is 15.3 Å². The molecule has 3 aromatic rings. The molecule has 0 bridgehead atoms. The van der Waals surface area contributed by atoms with Crippen molar-refractivity contribution in [2.45, 2.75) is 6.92 Å². The number of azo groups is 1. The fraction of sp³-hybridized carbons (Fsp3) is 0.0909. The van der Waals surface area contributed by atoms with Gasteiger partial charge in [-0.25, -0.2) is 0 Å². The summed E-state index contributed by atoms with van der Waals surface area (Å²) in [6, 6.07) is 20.4. The normalized spacial score (nSPS) is 11.0. The van der Waals surface area contributed by atoms with Crippen LogP contribution in [-0.4, -0.2) is 23.5 Å².